The van der Waals surface area contributed by atoms with Crippen LogP contribution in [-0.4, -0.2) is 10.9 Å². The van der Waals surface area contributed by atoms with Gasteiger partial charge in [-0.2, -0.15) is 0 Å². The summed E-state index contributed by atoms with van der Waals surface area (Å²) in [5, 5.41) is 11.7. The zero-order valence-electron chi connectivity index (χ0n) is 17.3. The summed E-state index contributed by atoms with van der Waals surface area (Å²) in [4.78, 5) is 25.1. The lowest BCUT2D eigenvalue weighted by atomic mass is 10.0. The molecule has 0 saturated heterocycles. The molecule has 0 aliphatic carbocycles. The number of nitro benzene ring substituents is 1. The van der Waals surface area contributed by atoms with Crippen LogP contribution in [0.5, 0.6) is 0 Å². The number of carbonyl (C=O) groups excluding carboxylic acids is 1. The Morgan fingerprint density at radius 3 is 2.00 bits per heavy atom. The topological polar surface area (TPSA) is 69.4 Å². The van der Waals surface area contributed by atoms with Crippen LogP contribution in [0, 0.1) is 10.1 Å². The molecule has 0 aromatic heterocycles. The van der Waals surface area contributed by atoms with E-state index in [9.17, 15) is 14.9 Å². The molecule has 7 heteroatoms. The predicted molar refractivity (Wildman–Crippen MR) is 129 cm³/mol. The standard InChI is InChI=1S/C26H18ClNO4S/c27-21-15-9-16-22(28(30)31)25(21)33-23-17-8-7-14-20(23)26(29)32-24(18-10-3-1-4-11-18)19-12-5-2-6-13-19/h1-17,24H. The Morgan fingerprint density at radius 1 is 0.818 bits per heavy atom. The summed E-state index contributed by atoms with van der Waals surface area (Å²) < 4.78 is 5.98. The van der Waals surface area contributed by atoms with Crippen LogP contribution < -0.4 is 0 Å². The maximum atomic E-state index is 13.3. The van der Waals surface area contributed by atoms with Gasteiger partial charge in [-0.15, -0.1) is 0 Å². The summed E-state index contributed by atoms with van der Waals surface area (Å²) >= 11 is 7.33. The van der Waals surface area contributed by atoms with Crippen molar-refractivity contribution >= 4 is 35.0 Å². The first-order valence-corrected chi connectivity index (χ1v) is 11.2. The largest absolute Gasteiger partial charge is 0.449 e. The second-order valence-corrected chi connectivity index (χ2v) is 8.51. The molecule has 0 atom stereocenters. The summed E-state index contributed by atoms with van der Waals surface area (Å²) in [7, 11) is 0. The molecule has 0 saturated carbocycles. The highest BCUT2D eigenvalue weighted by atomic mass is 35.5. The van der Waals surface area contributed by atoms with Crippen molar-refractivity contribution in [3.05, 3.63) is 135 Å². The van der Waals surface area contributed by atoms with Gasteiger partial charge in [0.2, 0.25) is 0 Å². The van der Waals surface area contributed by atoms with E-state index in [-0.39, 0.29) is 15.6 Å². The van der Waals surface area contributed by atoms with Crippen molar-refractivity contribution < 1.29 is 14.5 Å². The van der Waals surface area contributed by atoms with Crippen molar-refractivity contribution in [3.8, 4) is 0 Å². The predicted octanol–water partition coefficient (Wildman–Crippen LogP) is 7.35. The molecule has 0 amide bonds. The van der Waals surface area contributed by atoms with E-state index >= 15 is 0 Å². The Hall–Kier alpha value is -3.61. The van der Waals surface area contributed by atoms with Crippen LogP contribution >= 0.6 is 23.4 Å². The van der Waals surface area contributed by atoms with Crippen LogP contribution in [0.25, 0.3) is 0 Å². The lowest BCUT2D eigenvalue weighted by molar-refractivity contribution is -0.387. The molecule has 5 nitrogen and oxygen atoms in total. The van der Waals surface area contributed by atoms with Gasteiger partial charge in [-0.25, -0.2) is 4.79 Å². The van der Waals surface area contributed by atoms with Gasteiger partial charge in [0.1, 0.15) is 4.90 Å². The van der Waals surface area contributed by atoms with Crippen molar-refractivity contribution in [2.45, 2.75) is 15.9 Å². The molecule has 0 spiro atoms. The minimum absolute atomic E-state index is 0.123. The van der Waals surface area contributed by atoms with Crippen molar-refractivity contribution in [3.63, 3.8) is 0 Å². The summed E-state index contributed by atoms with van der Waals surface area (Å²) in [5.74, 6) is -0.537. The number of nitro groups is 1. The van der Waals surface area contributed by atoms with Crippen LogP contribution in [0.4, 0.5) is 5.69 Å². The number of rotatable bonds is 7. The summed E-state index contributed by atoms with van der Waals surface area (Å²) in [6, 6.07) is 30.3. The Bertz CT molecular complexity index is 1240. The van der Waals surface area contributed by atoms with Gasteiger partial charge in [0.05, 0.1) is 15.5 Å². The average molecular weight is 476 g/mol. The first kappa shape index (κ1) is 22.6. The molecule has 33 heavy (non-hydrogen) atoms. The fraction of sp³-hybridized carbons (Fsp3) is 0.0385. The number of halogens is 1. The molecule has 164 valence electrons. The molecule has 0 fully saturated rings. The number of ether oxygens (including phenoxy) is 1. The smallest absolute Gasteiger partial charge is 0.340 e. The highest BCUT2D eigenvalue weighted by molar-refractivity contribution is 7.99. The van der Waals surface area contributed by atoms with Crippen molar-refractivity contribution in [2.24, 2.45) is 0 Å². The minimum atomic E-state index is -0.604. The van der Waals surface area contributed by atoms with E-state index in [1.54, 1.807) is 30.3 Å². The summed E-state index contributed by atoms with van der Waals surface area (Å²) in [6.45, 7) is 0. The Labute approximate surface area is 200 Å². The van der Waals surface area contributed by atoms with E-state index in [0.717, 1.165) is 22.9 Å². The van der Waals surface area contributed by atoms with Crippen LogP contribution in [0.15, 0.2) is 113 Å². The van der Waals surface area contributed by atoms with Gasteiger partial charge in [0, 0.05) is 11.0 Å². The monoisotopic (exact) mass is 475 g/mol. The Morgan fingerprint density at radius 2 is 1.39 bits per heavy atom. The van der Waals surface area contributed by atoms with Crippen molar-refractivity contribution in [1.82, 2.24) is 0 Å². The molecule has 4 aromatic rings. The van der Waals surface area contributed by atoms with E-state index < -0.39 is 17.0 Å². The van der Waals surface area contributed by atoms with Crippen LogP contribution in [-0.2, 0) is 4.74 Å². The third-order valence-corrected chi connectivity index (χ3v) is 6.53. The minimum Gasteiger partial charge on any atom is -0.449 e. The molecule has 4 rings (SSSR count). The molecule has 0 unspecified atom stereocenters. The van der Waals surface area contributed by atoms with Gasteiger partial charge in [0.15, 0.2) is 6.10 Å². The fourth-order valence-electron chi connectivity index (χ4n) is 3.33. The average Bonchev–Trinajstić information content (AvgIpc) is 2.85. The summed E-state index contributed by atoms with van der Waals surface area (Å²) in [5.41, 5.74) is 1.85. The molecular formula is C26H18ClNO4S. The molecule has 0 heterocycles. The highest BCUT2D eigenvalue weighted by Gasteiger charge is 2.24. The molecular weight excluding hydrogens is 458 g/mol. The van der Waals surface area contributed by atoms with Crippen molar-refractivity contribution in [2.75, 3.05) is 0 Å². The number of nitrogens with zero attached hydrogens (tertiary/aromatic N) is 1. The van der Waals surface area contributed by atoms with Crippen LogP contribution in [0.3, 0.4) is 0 Å². The third kappa shape index (κ3) is 5.25. The molecule has 0 bridgehead atoms. The quantitative estimate of drug-likeness (QED) is 0.159. The second-order valence-electron chi connectivity index (χ2n) is 7.05. The Kier molecular flexibility index (Phi) is 7.07. The van der Waals surface area contributed by atoms with Gasteiger partial charge in [-0.1, -0.05) is 102 Å². The molecule has 4 aromatic carbocycles. The molecule has 0 radical (unpaired) electrons. The highest BCUT2D eigenvalue weighted by Crippen LogP contribution is 2.41. The van der Waals surface area contributed by atoms with E-state index in [2.05, 4.69) is 0 Å². The number of carbonyl (C=O) groups is 1. The lowest BCUT2D eigenvalue weighted by Gasteiger charge is -2.20. The number of hydrogen-bond donors (Lipinski definition) is 0. The number of esters is 1. The number of hydrogen-bond acceptors (Lipinski definition) is 5. The van der Waals surface area contributed by atoms with E-state index in [0.29, 0.717) is 10.5 Å². The number of benzene rings is 4. The normalized spacial score (nSPS) is 10.7. The first-order chi connectivity index (χ1) is 16.0. The van der Waals surface area contributed by atoms with E-state index in [4.69, 9.17) is 16.3 Å². The van der Waals surface area contributed by atoms with Gasteiger partial charge >= 0.3 is 5.97 Å². The lowest BCUT2D eigenvalue weighted by Crippen LogP contribution is -2.13. The van der Waals surface area contributed by atoms with Crippen LogP contribution in [0.1, 0.15) is 27.6 Å². The molecule has 0 aliphatic heterocycles. The molecule has 0 aliphatic rings. The SMILES string of the molecule is O=C(OC(c1ccccc1)c1ccccc1)c1ccccc1Sc1c(Cl)cccc1[N+](=O)[O-]. The molecule has 0 N–H and O–H groups in total. The Balaban J connectivity index is 1.68. The first-order valence-electron chi connectivity index (χ1n) is 10.1. The maximum Gasteiger partial charge on any atom is 0.340 e. The van der Waals surface area contributed by atoms with E-state index in [1.807, 2.05) is 60.7 Å². The zero-order valence-corrected chi connectivity index (χ0v) is 18.8. The fourth-order valence-corrected chi connectivity index (χ4v) is 4.66. The third-order valence-electron chi connectivity index (χ3n) is 4.89. The van der Waals surface area contributed by atoms with Gasteiger partial charge in [-0.05, 0) is 29.3 Å². The summed E-state index contributed by atoms with van der Waals surface area (Å²) in [6.07, 6.45) is -0.604. The zero-order chi connectivity index (χ0) is 23.2. The van der Waals surface area contributed by atoms with Crippen molar-refractivity contribution in [1.29, 1.82) is 0 Å². The van der Waals surface area contributed by atoms with Gasteiger partial charge in [-0.3, -0.25) is 10.1 Å². The maximum absolute atomic E-state index is 13.3. The van der Waals surface area contributed by atoms with Crippen LogP contribution in [0.2, 0.25) is 5.02 Å². The second kappa shape index (κ2) is 10.3. The van der Waals surface area contributed by atoms with Gasteiger partial charge in [0.25, 0.3) is 5.69 Å². The van der Waals surface area contributed by atoms with Gasteiger partial charge < -0.3 is 4.74 Å². The van der Waals surface area contributed by atoms with E-state index in [1.165, 1.54) is 12.1 Å².